The molecule has 2 N–H and O–H groups in total. The van der Waals surface area contributed by atoms with Gasteiger partial charge in [0, 0.05) is 25.7 Å². The summed E-state index contributed by atoms with van der Waals surface area (Å²) < 4.78 is 0. The molecule has 0 aromatic carbocycles. The van der Waals surface area contributed by atoms with Gasteiger partial charge in [-0.1, -0.05) is 13.0 Å². The number of nitrogens with one attached hydrogen (secondary N) is 2. The van der Waals surface area contributed by atoms with Crippen LogP contribution in [0.5, 0.6) is 0 Å². The van der Waals surface area contributed by atoms with Gasteiger partial charge in [0.15, 0.2) is 0 Å². The van der Waals surface area contributed by atoms with Crippen LogP contribution in [0.1, 0.15) is 20.3 Å². The fourth-order valence-corrected chi connectivity index (χ4v) is 0.755. The molecule has 0 saturated heterocycles. The molecule has 0 heterocycles. The van der Waals surface area contributed by atoms with Crippen LogP contribution < -0.4 is 10.6 Å². The van der Waals surface area contributed by atoms with E-state index in [4.69, 9.17) is 0 Å². The van der Waals surface area contributed by atoms with Crippen molar-refractivity contribution in [2.24, 2.45) is 0 Å². The monoisotopic (exact) mass is 156 g/mol. The van der Waals surface area contributed by atoms with E-state index in [1.165, 1.54) is 6.42 Å². The fourth-order valence-electron chi connectivity index (χ4n) is 0.755. The first kappa shape index (κ1) is 10.7. The van der Waals surface area contributed by atoms with Crippen LogP contribution in [-0.4, -0.2) is 25.7 Å². The standard InChI is InChI=1S/C9H20N2/c1-4-6-10-7-8-11-9(3)5-2/h4,9-11H,1,5-8H2,2-3H3. The van der Waals surface area contributed by atoms with Crippen molar-refractivity contribution < 1.29 is 0 Å². The van der Waals surface area contributed by atoms with E-state index in [9.17, 15) is 0 Å². The van der Waals surface area contributed by atoms with Crippen molar-refractivity contribution in [2.45, 2.75) is 26.3 Å². The van der Waals surface area contributed by atoms with Crippen molar-refractivity contribution in [3.63, 3.8) is 0 Å². The minimum atomic E-state index is 0.639. The summed E-state index contributed by atoms with van der Waals surface area (Å²) in [5.41, 5.74) is 0. The molecule has 1 atom stereocenters. The lowest BCUT2D eigenvalue weighted by atomic mass is 10.3. The molecule has 0 spiro atoms. The molecule has 0 fully saturated rings. The zero-order valence-electron chi connectivity index (χ0n) is 7.69. The van der Waals surface area contributed by atoms with Gasteiger partial charge in [-0.05, 0) is 13.3 Å². The molecule has 0 aromatic rings. The SMILES string of the molecule is C=CCNCCNC(C)CC. The minimum absolute atomic E-state index is 0.639. The summed E-state index contributed by atoms with van der Waals surface area (Å²) in [6.45, 7) is 11.0. The van der Waals surface area contributed by atoms with Crippen molar-refractivity contribution in [3.05, 3.63) is 12.7 Å². The zero-order chi connectivity index (χ0) is 8.53. The molecule has 2 nitrogen and oxygen atoms in total. The first-order valence-corrected chi connectivity index (χ1v) is 4.36. The lowest BCUT2D eigenvalue weighted by Crippen LogP contribution is -2.32. The largest absolute Gasteiger partial charge is 0.313 e. The van der Waals surface area contributed by atoms with Gasteiger partial charge in [0.25, 0.3) is 0 Å². The number of hydrogen-bond donors (Lipinski definition) is 2. The van der Waals surface area contributed by atoms with E-state index in [-0.39, 0.29) is 0 Å². The second-order valence-corrected chi connectivity index (χ2v) is 2.76. The maximum atomic E-state index is 3.63. The normalized spacial score (nSPS) is 12.9. The lowest BCUT2D eigenvalue weighted by molar-refractivity contribution is 0.524. The van der Waals surface area contributed by atoms with Gasteiger partial charge in [-0.2, -0.15) is 0 Å². The Morgan fingerprint density at radius 2 is 2.18 bits per heavy atom. The third-order valence-electron chi connectivity index (χ3n) is 1.70. The quantitative estimate of drug-likeness (QED) is 0.427. The van der Waals surface area contributed by atoms with Crippen LogP contribution >= 0.6 is 0 Å². The number of hydrogen-bond acceptors (Lipinski definition) is 2. The molecule has 2 heteroatoms. The molecule has 0 aliphatic carbocycles. The lowest BCUT2D eigenvalue weighted by Gasteiger charge is -2.10. The summed E-state index contributed by atoms with van der Waals surface area (Å²) in [6, 6.07) is 0.639. The Kier molecular flexibility index (Phi) is 7.52. The third-order valence-corrected chi connectivity index (χ3v) is 1.70. The van der Waals surface area contributed by atoms with Crippen LogP contribution in [0.2, 0.25) is 0 Å². The van der Waals surface area contributed by atoms with Crippen LogP contribution in [0.3, 0.4) is 0 Å². The third kappa shape index (κ3) is 7.56. The van der Waals surface area contributed by atoms with Gasteiger partial charge in [0.1, 0.15) is 0 Å². The first-order valence-electron chi connectivity index (χ1n) is 4.36. The Balaban J connectivity index is 2.95. The molecule has 0 radical (unpaired) electrons. The van der Waals surface area contributed by atoms with Gasteiger partial charge in [0.2, 0.25) is 0 Å². The molecule has 66 valence electrons. The average Bonchev–Trinajstić information content (AvgIpc) is 2.04. The molecule has 11 heavy (non-hydrogen) atoms. The highest BCUT2D eigenvalue weighted by molar-refractivity contribution is 4.70. The van der Waals surface area contributed by atoms with Crippen molar-refractivity contribution in [3.8, 4) is 0 Å². The Morgan fingerprint density at radius 3 is 2.73 bits per heavy atom. The minimum Gasteiger partial charge on any atom is -0.313 e. The molecule has 0 bridgehead atoms. The van der Waals surface area contributed by atoms with E-state index < -0.39 is 0 Å². The van der Waals surface area contributed by atoms with Gasteiger partial charge >= 0.3 is 0 Å². The maximum Gasteiger partial charge on any atom is 0.0132 e. The molecule has 0 aromatic heterocycles. The molecule has 0 amide bonds. The molecule has 0 rings (SSSR count). The summed E-state index contributed by atoms with van der Waals surface area (Å²) in [4.78, 5) is 0. The Bertz CT molecular complexity index is 91.6. The highest BCUT2D eigenvalue weighted by Crippen LogP contribution is 1.84. The Morgan fingerprint density at radius 1 is 1.45 bits per heavy atom. The smallest absolute Gasteiger partial charge is 0.0132 e. The van der Waals surface area contributed by atoms with E-state index in [1.54, 1.807) is 0 Å². The Labute approximate surface area is 70.1 Å². The molecular weight excluding hydrogens is 136 g/mol. The summed E-state index contributed by atoms with van der Waals surface area (Å²) in [7, 11) is 0. The van der Waals surface area contributed by atoms with Crippen LogP contribution in [-0.2, 0) is 0 Å². The van der Waals surface area contributed by atoms with Crippen LogP contribution in [0, 0.1) is 0 Å². The van der Waals surface area contributed by atoms with Crippen molar-refractivity contribution in [2.75, 3.05) is 19.6 Å². The van der Waals surface area contributed by atoms with Gasteiger partial charge in [-0.3, -0.25) is 0 Å². The van der Waals surface area contributed by atoms with E-state index >= 15 is 0 Å². The predicted octanol–water partition coefficient (Wildman–Crippen LogP) is 1.15. The van der Waals surface area contributed by atoms with Crippen molar-refractivity contribution in [1.82, 2.24) is 10.6 Å². The molecular formula is C9H20N2. The first-order chi connectivity index (χ1) is 5.31. The fraction of sp³-hybridized carbons (Fsp3) is 0.778. The predicted molar refractivity (Wildman–Crippen MR) is 50.8 cm³/mol. The molecule has 1 unspecified atom stereocenters. The second-order valence-electron chi connectivity index (χ2n) is 2.76. The van der Waals surface area contributed by atoms with E-state index in [1.807, 2.05) is 6.08 Å². The number of rotatable bonds is 7. The van der Waals surface area contributed by atoms with E-state index in [2.05, 4.69) is 31.1 Å². The molecule has 0 aliphatic rings. The summed E-state index contributed by atoms with van der Waals surface area (Å²) in [5, 5.41) is 6.63. The highest BCUT2D eigenvalue weighted by Gasteiger charge is 1.93. The van der Waals surface area contributed by atoms with E-state index in [0.29, 0.717) is 6.04 Å². The topological polar surface area (TPSA) is 24.1 Å². The zero-order valence-corrected chi connectivity index (χ0v) is 7.69. The van der Waals surface area contributed by atoms with Gasteiger partial charge in [-0.25, -0.2) is 0 Å². The van der Waals surface area contributed by atoms with Crippen LogP contribution in [0.4, 0.5) is 0 Å². The summed E-state index contributed by atoms with van der Waals surface area (Å²) in [6.07, 6.45) is 3.07. The summed E-state index contributed by atoms with van der Waals surface area (Å²) >= 11 is 0. The highest BCUT2D eigenvalue weighted by atomic mass is 15.0. The average molecular weight is 156 g/mol. The Hall–Kier alpha value is -0.340. The van der Waals surface area contributed by atoms with E-state index in [0.717, 1.165) is 19.6 Å². The van der Waals surface area contributed by atoms with Crippen molar-refractivity contribution >= 4 is 0 Å². The second kappa shape index (κ2) is 7.76. The van der Waals surface area contributed by atoms with Gasteiger partial charge in [0.05, 0.1) is 0 Å². The molecule has 0 aliphatic heterocycles. The van der Waals surface area contributed by atoms with Gasteiger partial charge < -0.3 is 10.6 Å². The van der Waals surface area contributed by atoms with Crippen molar-refractivity contribution in [1.29, 1.82) is 0 Å². The van der Waals surface area contributed by atoms with Crippen LogP contribution in [0.25, 0.3) is 0 Å². The maximum absolute atomic E-state index is 3.63. The van der Waals surface area contributed by atoms with Gasteiger partial charge in [-0.15, -0.1) is 6.58 Å². The van der Waals surface area contributed by atoms with Crippen LogP contribution in [0.15, 0.2) is 12.7 Å². The summed E-state index contributed by atoms with van der Waals surface area (Å²) in [5.74, 6) is 0. The molecule has 0 saturated carbocycles.